The van der Waals surface area contributed by atoms with Crippen LogP contribution in [0.3, 0.4) is 0 Å². The van der Waals surface area contributed by atoms with Gasteiger partial charge in [-0.2, -0.15) is 0 Å². The summed E-state index contributed by atoms with van der Waals surface area (Å²) in [6, 6.07) is 5.08. The molecule has 1 aromatic carbocycles. The van der Waals surface area contributed by atoms with Crippen LogP contribution in [0.4, 0.5) is 5.69 Å². The zero-order valence-corrected chi connectivity index (χ0v) is 19.3. The number of piperidine rings is 1. The minimum absolute atomic E-state index is 0.00780. The second kappa shape index (κ2) is 8.19. The highest BCUT2D eigenvalue weighted by Crippen LogP contribution is 2.47. The van der Waals surface area contributed by atoms with Crippen molar-refractivity contribution in [1.29, 1.82) is 0 Å². The molecule has 7 nitrogen and oxygen atoms in total. The quantitative estimate of drug-likeness (QED) is 0.554. The molecule has 1 aliphatic carbocycles. The number of Topliss-reactive ketones (excluding diaryl/α,β-unsaturated/α-hetero) is 1. The predicted octanol–water partition coefficient (Wildman–Crippen LogP) is 4.52. The number of benzene rings is 1. The number of nitro benzene ring substituents is 1. The second-order valence-electron chi connectivity index (χ2n) is 10.1. The van der Waals surface area contributed by atoms with Crippen molar-refractivity contribution >= 4 is 17.4 Å². The molecule has 1 amide bonds. The van der Waals surface area contributed by atoms with Crippen LogP contribution in [0.5, 0.6) is 0 Å². The van der Waals surface area contributed by atoms with Gasteiger partial charge in [0, 0.05) is 59.6 Å². The standard InChI is InChI=1S/C25H31N3O4/c1-15-8-9-17(12-19(15)28(31)32)22-21(24(30)27-10-6-5-7-11-27)16(2)26-18-13-25(3,4)14-20(29)23(18)22/h8-9,12,22,26H,5-7,10-11,13-14H2,1-4H3. The summed E-state index contributed by atoms with van der Waals surface area (Å²) in [5.74, 6) is -0.663. The second-order valence-corrected chi connectivity index (χ2v) is 10.1. The van der Waals surface area contributed by atoms with Crippen LogP contribution in [0.2, 0.25) is 0 Å². The third-order valence-corrected chi connectivity index (χ3v) is 6.88. The summed E-state index contributed by atoms with van der Waals surface area (Å²) in [6.07, 6.45) is 4.13. The lowest BCUT2D eigenvalue weighted by Crippen LogP contribution is -2.43. The molecular weight excluding hydrogens is 406 g/mol. The largest absolute Gasteiger partial charge is 0.362 e. The minimum Gasteiger partial charge on any atom is -0.362 e. The lowest BCUT2D eigenvalue weighted by Gasteiger charge is -2.41. The Kier molecular flexibility index (Phi) is 5.69. The van der Waals surface area contributed by atoms with Crippen LogP contribution < -0.4 is 5.32 Å². The normalized spacial score (nSPS) is 23.1. The van der Waals surface area contributed by atoms with E-state index in [1.807, 2.05) is 17.9 Å². The first-order chi connectivity index (χ1) is 15.1. The summed E-state index contributed by atoms with van der Waals surface area (Å²) in [5, 5.41) is 15.0. The van der Waals surface area contributed by atoms with E-state index in [2.05, 4.69) is 19.2 Å². The molecule has 1 atom stereocenters. The van der Waals surface area contributed by atoms with E-state index in [1.54, 1.807) is 19.1 Å². The Bertz CT molecular complexity index is 1060. The molecule has 1 saturated heterocycles. The maximum absolute atomic E-state index is 13.7. The number of nitro groups is 1. The molecule has 2 aliphatic heterocycles. The average molecular weight is 438 g/mol. The van der Waals surface area contributed by atoms with Crippen molar-refractivity contribution in [1.82, 2.24) is 10.2 Å². The van der Waals surface area contributed by atoms with Crippen LogP contribution in [0, 0.1) is 22.5 Å². The average Bonchev–Trinajstić information content (AvgIpc) is 2.72. The fraction of sp³-hybridized carbons (Fsp3) is 0.520. The van der Waals surface area contributed by atoms with Crippen molar-refractivity contribution in [2.75, 3.05) is 13.1 Å². The van der Waals surface area contributed by atoms with Crippen molar-refractivity contribution < 1.29 is 14.5 Å². The van der Waals surface area contributed by atoms with Gasteiger partial charge in [-0.15, -0.1) is 0 Å². The monoisotopic (exact) mass is 437 g/mol. The molecule has 0 aromatic heterocycles. The van der Waals surface area contributed by atoms with Gasteiger partial charge in [-0.1, -0.05) is 26.0 Å². The van der Waals surface area contributed by atoms with E-state index in [1.165, 1.54) is 0 Å². The molecule has 3 aliphatic rings. The molecule has 1 aromatic rings. The SMILES string of the molecule is CC1=C(C(=O)N2CCCCC2)C(c2ccc(C)c([N+](=O)[O-])c2)C2=C(CC(C)(C)CC2=O)N1. The molecule has 1 fully saturated rings. The van der Waals surface area contributed by atoms with Crippen LogP contribution >= 0.6 is 0 Å². The van der Waals surface area contributed by atoms with Gasteiger partial charge in [0.2, 0.25) is 0 Å². The summed E-state index contributed by atoms with van der Waals surface area (Å²) in [5.41, 5.74) is 3.72. The van der Waals surface area contributed by atoms with Crippen molar-refractivity contribution in [3.05, 3.63) is 62.0 Å². The maximum Gasteiger partial charge on any atom is 0.272 e. The summed E-state index contributed by atoms with van der Waals surface area (Å²) >= 11 is 0. The maximum atomic E-state index is 13.7. The number of ketones is 1. The lowest BCUT2D eigenvalue weighted by atomic mass is 9.68. The van der Waals surface area contributed by atoms with Gasteiger partial charge in [-0.25, -0.2) is 0 Å². The Hall–Kier alpha value is -2.96. The van der Waals surface area contributed by atoms with Gasteiger partial charge in [0.15, 0.2) is 5.78 Å². The molecule has 170 valence electrons. The number of amides is 1. The number of likely N-dealkylation sites (tertiary alicyclic amines) is 1. The number of hydrogen-bond donors (Lipinski definition) is 1. The molecular formula is C25H31N3O4. The van der Waals surface area contributed by atoms with Crippen LogP contribution in [0.25, 0.3) is 0 Å². The zero-order chi connectivity index (χ0) is 23.2. The number of allylic oxidation sites excluding steroid dienone is 3. The van der Waals surface area contributed by atoms with E-state index < -0.39 is 10.8 Å². The Morgan fingerprint density at radius 1 is 1.16 bits per heavy atom. The van der Waals surface area contributed by atoms with E-state index >= 15 is 0 Å². The predicted molar refractivity (Wildman–Crippen MR) is 122 cm³/mol. The third-order valence-electron chi connectivity index (χ3n) is 6.88. The summed E-state index contributed by atoms with van der Waals surface area (Å²) in [7, 11) is 0. The van der Waals surface area contributed by atoms with E-state index in [0.717, 1.165) is 30.7 Å². The first-order valence-corrected chi connectivity index (χ1v) is 11.4. The number of carbonyl (C=O) groups is 2. The van der Waals surface area contributed by atoms with Crippen LogP contribution in [-0.2, 0) is 9.59 Å². The van der Waals surface area contributed by atoms with Gasteiger partial charge < -0.3 is 10.2 Å². The highest BCUT2D eigenvalue weighted by molar-refractivity contribution is 6.05. The van der Waals surface area contributed by atoms with E-state index in [9.17, 15) is 19.7 Å². The Morgan fingerprint density at radius 2 is 1.84 bits per heavy atom. The van der Waals surface area contributed by atoms with Gasteiger partial charge in [0.05, 0.1) is 4.92 Å². The molecule has 32 heavy (non-hydrogen) atoms. The van der Waals surface area contributed by atoms with Gasteiger partial charge in [0.1, 0.15) is 0 Å². The first-order valence-electron chi connectivity index (χ1n) is 11.4. The Balaban J connectivity index is 1.88. The minimum atomic E-state index is -0.594. The summed E-state index contributed by atoms with van der Waals surface area (Å²) in [4.78, 5) is 40.2. The fourth-order valence-electron chi connectivity index (χ4n) is 5.32. The number of aryl methyl sites for hydroxylation is 1. The number of nitrogens with one attached hydrogen (secondary N) is 1. The molecule has 0 spiro atoms. The molecule has 2 heterocycles. The van der Waals surface area contributed by atoms with E-state index in [0.29, 0.717) is 48.2 Å². The van der Waals surface area contributed by atoms with Crippen LogP contribution in [-0.4, -0.2) is 34.6 Å². The fourth-order valence-corrected chi connectivity index (χ4v) is 5.32. The van der Waals surface area contributed by atoms with Gasteiger partial charge in [-0.05, 0) is 50.5 Å². The molecule has 7 heteroatoms. The van der Waals surface area contributed by atoms with Crippen molar-refractivity contribution in [3.8, 4) is 0 Å². The highest BCUT2D eigenvalue weighted by atomic mass is 16.6. The van der Waals surface area contributed by atoms with Crippen molar-refractivity contribution in [2.24, 2.45) is 5.41 Å². The molecule has 1 N–H and O–H groups in total. The first kappa shape index (κ1) is 22.2. The van der Waals surface area contributed by atoms with Crippen LogP contribution in [0.15, 0.2) is 40.7 Å². The van der Waals surface area contributed by atoms with E-state index in [-0.39, 0.29) is 22.8 Å². The molecule has 1 unspecified atom stereocenters. The Labute approximate surface area is 188 Å². The number of carbonyl (C=O) groups excluding carboxylic acids is 2. The number of rotatable bonds is 3. The summed E-state index contributed by atoms with van der Waals surface area (Å²) < 4.78 is 0. The van der Waals surface area contributed by atoms with Crippen molar-refractivity contribution in [3.63, 3.8) is 0 Å². The van der Waals surface area contributed by atoms with Crippen molar-refractivity contribution in [2.45, 2.75) is 65.7 Å². The number of nitrogens with zero attached hydrogens (tertiary/aromatic N) is 2. The van der Waals surface area contributed by atoms with Gasteiger partial charge >= 0.3 is 0 Å². The number of hydrogen-bond acceptors (Lipinski definition) is 5. The van der Waals surface area contributed by atoms with Crippen LogP contribution in [0.1, 0.15) is 69.9 Å². The molecule has 0 bridgehead atoms. The summed E-state index contributed by atoms with van der Waals surface area (Å²) in [6.45, 7) is 9.10. The lowest BCUT2D eigenvalue weighted by molar-refractivity contribution is -0.385. The smallest absolute Gasteiger partial charge is 0.272 e. The third kappa shape index (κ3) is 3.96. The number of dihydropyridines is 1. The molecule has 4 rings (SSSR count). The van der Waals surface area contributed by atoms with Gasteiger partial charge in [-0.3, -0.25) is 19.7 Å². The van der Waals surface area contributed by atoms with E-state index in [4.69, 9.17) is 0 Å². The molecule has 0 saturated carbocycles. The topological polar surface area (TPSA) is 92.6 Å². The highest BCUT2D eigenvalue weighted by Gasteiger charge is 2.43. The van der Waals surface area contributed by atoms with Gasteiger partial charge in [0.25, 0.3) is 11.6 Å². The molecule has 0 radical (unpaired) electrons. The zero-order valence-electron chi connectivity index (χ0n) is 19.3. The Morgan fingerprint density at radius 3 is 2.50 bits per heavy atom.